The molecule has 1 amide bonds. The van der Waals surface area contributed by atoms with E-state index >= 15 is 0 Å². The van der Waals surface area contributed by atoms with Gasteiger partial charge < -0.3 is 10.6 Å². The molecule has 1 atom stereocenters. The molecule has 1 heterocycles. The number of anilines is 1. The van der Waals surface area contributed by atoms with Crippen LogP contribution in [0.15, 0.2) is 16.7 Å². The lowest BCUT2D eigenvalue weighted by Gasteiger charge is -2.15. The van der Waals surface area contributed by atoms with Gasteiger partial charge in [-0.3, -0.25) is 4.79 Å². The molecule has 2 N–H and O–H groups in total. The molecule has 1 unspecified atom stereocenters. The Morgan fingerprint density at radius 3 is 2.94 bits per heavy atom. The summed E-state index contributed by atoms with van der Waals surface area (Å²) in [7, 11) is 0. The van der Waals surface area contributed by atoms with E-state index in [0.717, 1.165) is 10.9 Å². The number of hydrogen-bond donors (Lipinski definition) is 2. The zero-order chi connectivity index (χ0) is 12.8. The Kier molecular flexibility index (Phi) is 5.71. The molecule has 1 aromatic heterocycles. The Bertz CT molecular complexity index is 400. The second-order valence-corrected chi connectivity index (χ2v) is 4.93. The number of nitrogens with one attached hydrogen (secondary N) is 2. The number of aromatic nitrogens is 1. The summed E-state index contributed by atoms with van der Waals surface area (Å²) >= 11 is 9.12. The van der Waals surface area contributed by atoms with Crippen LogP contribution in [0.4, 0.5) is 5.82 Å². The Labute approximate surface area is 114 Å². The summed E-state index contributed by atoms with van der Waals surface area (Å²) in [5.74, 6) is 0.559. The Balaban J connectivity index is 2.61. The van der Waals surface area contributed by atoms with Crippen LogP contribution in [0.25, 0.3) is 0 Å². The minimum atomic E-state index is -0.341. The van der Waals surface area contributed by atoms with Crippen molar-refractivity contribution in [2.24, 2.45) is 0 Å². The molecule has 1 rings (SSSR count). The highest BCUT2D eigenvalue weighted by Crippen LogP contribution is 2.23. The second kappa shape index (κ2) is 6.81. The number of carbonyl (C=O) groups excluding carboxylic acids is 1. The molecule has 0 bridgehead atoms. The van der Waals surface area contributed by atoms with E-state index in [2.05, 4.69) is 31.5 Å². The largest absolute Gasteiger partial charge is 0.358 e. The monoisotopic (exact) mass is 319 g/mol. The molecule has 0 aromatic carbocycles. The van der Waals surface area contributed by atoms with Crippen molar-refractivity contribution in [3.8, 4) is 0 Å². The lowest BCUT2D eigenvalue weighted by atomic mass is 10.3. The van der Waals surface area contributed by atoms with Gasteiger partial charge in [-0.25, -0.2) is 4.98 Å². The van der Waals surface area contributed by atoms with E-state index in [-0.39, 0.29) is 11.9 Å². The predicted octanol–water partition coefficient (Wildman–Crippen LogP) is 2.82. The number of halogens is 2. The maximum atomic E-state index is 11.6. The maximum Gasteiger partial charge on any atom is 0.242 e. The van der Waals surface area contributed by atoms with Crippen molar-refractivity contribution in [3.63, 3.8) is 0 Å². The zero-order valence-corrected chi connectivity index (χ0v) is 12.1. The number of pyridine rings is 1. The van der Waals surface area contributed by atoms with E-state index in [0.29, 0.717) is 17.4 Å². The van der Waals surface area contributed by atoms with Crippen LogP contribution < -0.4 is 10.6 Å². The first-order valence-electron chi connectivity index (χ1n) is 5.40. The summed E-state index contributed by atoms with van der Waals surface area (Å²) in [6.07, 6.45) is 2.45. The lowest BCUT2D eigenvalue weighted by molar-refractivity contribution is -0.121. The molecule has 0 aliphatic rings. The normalized spacial score (nSPS) is 12.0. The van der Waals surface area contributed by atoms with Gasteiger partial charge >= 0.3 is 0 Å². The minimum Gasteiger partial charge on any atom is -0.358 e. The van der Waals surface area contributed by atoms with Crippen LogP contribution in [-0.2, 0) is 4.79 Å². The molecular formula is C11H15BrClN3O. The first kappa shape index (κ1) is 14.3. The Morgan fingerprint density at radius 2 is 2.35 bits per heavy atom. The number of rotatable bonds is 5. The van der Waals surface area contributed by atoms with Crippen molar-refractivity contribution in [2.45, 2.75) is 26.3 Å². The molecule has 94 valence electrons. The van der Waals surface area contributed by atoms with E-state index in [1.165, 1.54) is 6.20 Å². The topological polar surface area (TPSA) is 54.0 Å². The van der Waals surface area contributed by atoms with Crippen molar-refractivity contribution in [1.29, 1.82) is 0 Å². The maximum absolute atomic E-state index is 11.6. The third kappa shape index (κ3) is 4.52. The van der Waals surface area contributed by atoms with Gasteiger partial charge in [0.2, 0.25) is 5.91 Å². The standard InChI is InChI=1S/C11H15BrClN3O/c1-3-4-14-11(17)7(2)16-10-9(12)5-8(13)6-15-10/h5-7H,3-4H2,1-2H3,(H,14,17)(H,15,16). The fourth-order valence-corrected chi connectivity index (χ4v) is 1.95. The summed E-state index contributed by atoms with van der Waals surface area (Å²) in [5.41, 5.74) is 0. The van der Waals surface area contributed by atoms with Crippen molar-refractivity contribution in [1.82, 2.24) is 10.3 Å². The average molecular weight is 321 g/mol. The van der Waals surface area contributed by atoms with Gasteiger partial charge in [-0.05, 0) is 35.3 Å². The minimum absolute atomic E-state index is 0.0458. The van der Waals surface area contributed by atoms with E-state index in [9.17, 15) is 4.79 Å². The molecule has 0 aliphatic carbocycles. The summed E-state index contributed by atoms with van der Waals surface area (Å²) in [6, 6.07) is 1.39. The van der Waals surface area contributed by atoms with Crippen LogP contribution in [0.3, 0.4) is 0 Å². The lowest BCUT2D eigenvalue weighted by Crippen LogP contribution is -2.38. The quantitative estimate of drug-likeness (QED) is 0.877. The van der Waals surface area contributed by atoms with Gasteiger partial charge in [0.25, 0.3) is 0 Å². The van der Waals surface area contributed by atoms with Crippen molar-refractivity contribution >= 4 is 39.3 Å². The van der Waals surface area contributed by atoms with Gasteiger partial charge in [-0.15, -0.1) is 0 Å². The van der Waals surface area contributed by atoms with Gasteiger partial charge in [0.05, 0.1) is 9.50 Å². The molecule has 4 nitrogen and oxygen atoms in total. The molecule has 0 radical (unpaired) electrons. The van der Waals surface area contributed by atoms with Crippen molar-refractivity contribution in [3.05, 3.63) is 21.8 Å². The molecule has 0 aliphatic heterocycles. The first-order chi connectivity index (χ1) is 8.04. The summed E-state index contributed by atoms with van der Waals surface area (Å²) in [6.45, 7) is 4.48. The first-order valence-corrected chi connectivity index (χ1v) is 6.57. The highest BCUT2D eigenvalue weighted by molar-refractivity contribution is 9.10. The molecule has 0 saturated heterocycles. The molecule has 17 heavy (non-hydrogen) atoms. The highest BCUT2D eigenvalue weighted by atomic mass is 79.9. The number of nitrogens with zero attached hydrogens (tertiary/aromatic N) is 1. The Hall–Kier alpha value is -0.810. The van der Waals surface area contributed by atoms with Gasteiger partial charge in [-0.2, -0.15) is 0 Å². The fraction of sp³-hybridized carbons (Fsp3) is 0.455. The van der Waals surface area contributed by atoms with E-state index in [1.807, 2.05) is 6.92 Å². The smallest absolute Gasteiger partial charge is 0.242 e. The van der Waals surface area contributed by atoms with Crippen LogP contribution in [0, 0.1) is 0 Å². The van der Waals surface area contributed by atoms with Crippen molar-refractivity contribution in [2.75, 3.05) is 11.9 Å². The molecule has 0 fully saturated rings. The molecule has 0 spiro atoms. The van der Waals surface area contributed by atoms with Crippen LogP contribution in [-0.4, -0.2) is 23.5 Å². The van der Waals surface area contributed by atoms with Crippen LogP contribution in [0.5, 0.6) is 0 Å². The summed E-state index contributed by atoms with van der Waals surface area (Å²) in [4.78, 5) is 15.8. The average Bonchev–Trinajstić information content (AvgIpc) is 2.29. The van der Waals surface area contributed by atoms with E-state index in [1.54, 1.807) is 13.0 Å². The Morgan fingerprint density at radius 1 is 1.65 bits per heavy atom. The molecule has 6 heteroatoms. The molecule has 1 aromatic rings. The molecular weight excluding hydrogens is 305 g/mol. The second-order valence-electron chi connectivity index (χ2n) is 3.64. The van der Waals surface area contributed by atoms with Gasteiger partial charge in [0.1, 0.15) is 11.9 Å². The SMILES string of the molecule is CCCNC(=O)C(C)Nc1ncc(Cl)cc1Br. The van der Waals surface area contributed by atoms with Crippen LogP contribution in [0.2, 0.25) is 5.02 Å². The zero-order valence-electron chi connectivity index (χ0n) is 9.76. The van der Waals surface area contributed by atoms with Crippen molar-refractivity contribution < 1.29 is 4.79 Å². The van der Waals surface area contributed by atoms with E-state index < -0.39 is 0 Å². The number of hydrogen-bond acceptors (Lipinski definition) is 3. The predicted molar refractivity (Wildman–Crippen MR) is 73.3 cm³/mol. The number of carbonyl (C=O) groups is 1. The fourth-order valence-electron chi connectivity index (χ4n) is 1.19. The van der Waals surface area contributed by atoms with Gasteiger partial charge in [-0.1, -0.05) is 18.5 Å². The summed E-state index contributed by atoms with van der Waals surface area (Å²) < 4.78 is 0.736. The third-order valence-corrected chi connectivity index (χ3v) is 2.91. The molecule has 0 saturated carbocycles. The highest BCUT2D eigenvalue weighted by Gasteiger charge is 2.13. The van der Waals surface area contributed by atoms with E-state index in [4.69, 9.17) is 11.6 Å². The van der Waals surface area contributed by atoms with Crippen LogP contribution >= 0.6 is 27.5 Å². The third-order valence-electron chi connectivity index (χ3n) is 2.10. The summed E-state index contributed by atoms with van der Waals surface area (Å²) in [5, 5.41) is 6.38. The van der Waals surface area contributed by atoms with Gasteiger partial charge in [0.15, 0.2) is 0 Å². The van der Waals surface area contributed by atoms with Crippen LogP contribution in [0.1, 0.15) is 20.3 Å². The van der Waals surface area contributed by atoms with Gasteiger partial charge in [0, 0.05) is 12.7 Å². The number of amides is 1.